The predicted molar refractivity (Wildman–Crippen MR) is 111 cm³/mol. The summed E-state index contributed by atoms with van der Waals surface area (Å²) in [7, 11) is 4.25. The van der Waals surface area contributed by atoms with Gasteiger partial charge in [-0.05, 0) is 23.8 Å². The zero-order valence-electron chi connectivity index (χ0n) is 17.2. The topological polar surface area (TPSA) is 124 Å². The number of carbonyl (C=O) groups excluding carboxylic acids is 2. The first-order valence-electron chi connectivity index (χ1n) is 9.19. The molecule has 0 unspecified atom stereocenters. The molecule has 31 heavy (non-hydrogen) atoms. The van der Waals surface area contributed by atoms with Gasteiger partial charge in [-0.1, -0.05) is 0 Å². The van der Waals surface area contributed by atoms with Gasteiger partial charge < -0.3 is 24.1 Å². The van der Waals surface area contributed by atoms with Gasteiger partial charge in [-0.2, -0.15) is 0 Å². The number of esters is 1. The minimum atomic E-state index is -0.603. The van der Waals surface area contributed by atoms with Crippen LogP contribution in [0, 0.1) is 10.1 Å². The number of nitro benzene ring substituents is 1. The summed E-state index contributed by atoms with van der Waals surface area (Å²) >= 11 is 0. The largest absolute Gasteiger partial charge is 0.497 e. The van der Waals surface area contributed by atoms with Crippen LogP contribution in [0.2, 0.25) is 0 Å². The van der Waals surface area contributed by atoms with Crippen molar-refractivity contribution in [3.05, 3.63) is 63.8 Å². The van der Waals surface area contributed by atoms with Gasteiger partial charge in [0.15, 0.2) is 0 Å². The zero-order chi connectivity index (χ0) is 22.5. The number of fused-ring (bicyclic) bond motifs is 1. The summed E-state index contributed by atoms with van der Waals surface area (Å²) in [5, 5.41) is 11.5. The van der Waals surface area contributed by atoms with Gasteiger partial charge in [0.1, 0.15) is 18.0 Å². The molecule has 0 radical (unpaired) electrons. The van der Waals surface area contributed by atoms with Crippen LogP contribution >= 0.6 is 0 Å². The molecule has 1 heterocycles. The molecule has 0 aliphatic heterocycles. The third-order valence-corrected chi connectivity index (χ3v) is 4.73. The molecule has 1 aromatic heterocycles. The van der Waals surface area contributed by atoms with E-state index < -0.39 is 16.8 Å². The molecule has 10 nitrogen and oxygen atoms in total. The second-order valence-electron chi connectivity index (χ2n) is 6.65. The smallest absolute Gasteiger partial charge is 0.325 e. The molecule has 0 saturated heterocycles. The SMILES string of the molecule is COC(=O)CN(Cc1cc(OC)cc(OC)c1)C(=O)c1c[nH]c2ccc([N+](=O)[O-])cc12. The van der Waals surface area contributed by atoms with E-state index in [1.54, 1.807) is 18.2 Å². The molecule has 10 heteroatoms. The maximum absolute atomic E-state index is 13.3. The lowest BCUT2D eigenvalue weighted by Crippen LogP contribution is -2.35. The van der Waals surface area contributed by atoms with E-state index in [0.717, 1.165) is 0 Å². The molecule has 3 aromatic rings. The molecule has 0 aliphatic carbocycles. The van der Waals surface area contributed by atoms with Crippen molar-refractivity contribution in [3.63, 3.8) is 0 Å². The van der Waals surface area contributed by atoms with Crippen molar-refractivity contribution < 1.29 is 28.7 Å². The number of nitrogens with one attached hydrogen (secondary N) is 1. The molecule has 0 bridgehead atoms. The summed E-state index contributed by atoms with van der Waals surface area (Å²) in [6, 6.07) is 9.34. The Morgan fingerprint density at radius 3 is 2.32 bits per heavy atom. The molecule has 0 fully saturated rings. The molecule has 162 valence electrons. The molecule has 2 aromatic carbocycles. The summed E-state index contributed by atoms with van der Waals surface area (Å²) in [5.74, 6) is -0.0296. The Labute approximate surface area is 177 Å². The van der Waals surface area contributed by atoms with E-state index >= 15 is 0 Å². The van der Waals surface area contributed by atoms with Crippen LogP contribution in [-0.4, -0.2) is 54.6 Å². The number of nitrogens with zero attached hydrogens (tertiary/aromatic N) is 2. The van der Waals surface area contributed by atoms with Crippen LogP contribution in [0.4, 0.5) is 5.69 Å². The fraction of sp³-hybridized carbons (Fsp3) is 0.238. The summed E-state index contributed by atoms with van der Waals surface area (Å²) in [6.07, 6.45) is 1.47. The summed E-state index contributed by atoms with van der Waals surface area (Å²) in [5.41, 5.74) is 1.30. The van der Waals surface area contributed by atoms with Gasteiger partial charge in [-0.25, -0.2) is 0 Å². The lowest BCUT2D eigenvalue weighted by molar-refractivity contribution is -0.384. The van der Waals surface area contributed by atoms with Gasteiger partial charge in [0.25, 0.3) is 11.6 Å². The van der Waals surface area contributed by atoms with Crippen LogP contribution in [0.15, 0.2) is 42.6 Å². The van der Waals surface area contributed by atoms with Crippen LogP contribution in [0.25, 0.3) is 10.9 Å². The van der Waals surface area contributed by atoms with Crippen molar-refractivity contribution >= 4 is 28.5 Å². The first-order chi connectivity index (χ1) is 14.9. The second kappa shape index (κ2) is 9.16. The molecule has 0 spiro atoms. The van der Waals surface area contributed by atoms with Gasteiger partial charge in [0, 0.05) is 41.8 Å². The lowest BCUT2D eigenvalue weighted by atomic mass is 10.1. The van der Waals surface area contributed by atoms with E-state index in [9.17, 15) is 19.7 Å². The van der Waals surface area contributed by atoms with E-state index in [2.05, 4.69) is 4.98 Å². The highest BCUT2D eigenvalue weighted by Gasteiger charge is 2.24. The Morgan fingerprint density at radius 1 is 1.06 bits per heavy atom. The lowest BCUT2D eigenvalue weighted by Gasteiger charge is -2.22. The van der Waals surface area contributed by atoms with E-state index in [1.165, 1.54) is 50.6 Å². The van der Waals surface area contributed by atoms with Crippen molar-refractivity contribution in [2.45, 2.75) is 6.54 Å². The number of non-ortho nitro benzene ring substituents is 1. The first-order valence-corrected chi connectivity index (χ1v) is 9.19. The third kappa shape index (κ3) is 4.74. The highest BCUT2D eigenvalue weighted by molar-refractivity contribution is 6.07. The Bertz CT molecular complexity index is 1120. The number of aromatic amines is 1. The van der Waals surface area contributed by atoms with E-state index in [0.29, 0.717) is 28.0 Å². The summed E-state index contributed by atoms with van der Waals surface area (Å²) < 4.78 is 15.3. The average Bonchev–Trinajstić information content (AvgIpc) is 3.20. The number of nitro groups is 1. The van der Waals surface area contributed by atoms with Gasteiger partial charge >= 0.3 is 5.97 Å². The molecule has 0 aliphatic rings. The number of benzene rings is 2. The first kappa shape index (κ1) is 21.6. The average molecular weight is 427 g/mol. The van der Waals surface area contributed by atoms with E-state index in [-0.39, 0.29) is 24.3 Å². The summed E-state index contributed by atoms with van der Waals surface area (Å²) in [4.78, 5) is 40.1. The number of H-pyrrole nitrogens is 1. The van der Waals surface area contributed by atoms with Crippen LogP contribution in [0.3, 0.4) is 0 Å². The van der Waals surface area contributed by atoms with Crippen molar-refractivity contribution in [1.29, 1.82) is 0 Å². The number of methoxy groups -OCH3 is 3. The maximum Gasteiger partial charge on any atom is 0.325 e. The van der Waals surface area contributed by atoms with E-state index in [1.807, 2.05) is 0 Å². The molecule has 1 amide bonds. The van der Waals surface area contributed by atoms with Crippen molar-refractivity contribution in [2.75, 3.05) is 27.9 Å². The standard InChI is InChI=1S/C21H21N3O7/c1-29-15-6-13(7-16(9-15)30-2)11-23(12-20(25)31-3)21(26)18-10-22-19-5-4-14(24(27)28)8-17(18)19/h4-10,22H,11-12H2,1-3H3. The molecule has 3 rings (SSSR count). The van der Waals surface area contributed by atoms with Gasteiger partial charge in [-0.15, -0.1) is 0 Å². The van der Waals surface area contributed by atoms with Gasteiger partial charge in [0.05, 0.1) is 31.8 Å². The highest BCUT2D eigenvalue weighted by Crippen LogP contribution is 2.27. The highest BCUT2D eigenvalue weighted by atomic mass is 16.6. The fourth-order valence-electron chi connectivity index (χ4n) is 3.17. The number of rotatable bonds is 8. The molecule has 0 saturated carbocycles. The Hall–Kier alpha value is -4.08. The van der Waals surface area contributed by atoms with E-state index in [4.69, 9.17) is 14.2 Å². The molecular formula is C21H21N3O7. The van der Waals surface area contributed by atoms with Gasteiger partial charge in [-0.3, -0.25) is 19.7 Å². The number of hydrogen-bond donors (Lipinski definition) is 1. The van der Waals surface area contributed by atoms with Crippen molar-refractivity contribution in [1.82, 2.24) is 9.88 Å². The summed E-state index contributed by atoms with van der Waals surface area (Å²) in [6.45, 7) is -0.250. The quantitative estimate of drug-likeness (QED) is 0.333. The number of hydrogen-bond acceptors (Lipinski definition) is 7. The van der Waals surface area contributed by atoms with Crippen LogP contribution < -0.4 is 9.47 Å². The number of carbonyl (C=O) groups is 2. The monoisotopic (exact) mass is 427 g/mol. The van der Waals surface area contributed by atoms with Crippen LogP contribution in [0.5, 0.6) is 11.5 Å². The van der Waals surface area contributed by atoms with Crippen molar-refractivity contribution in [2.24, 2.45) is 0 Å². The van der Waals surface area contributed by atoms with Crippen molar-refractivity contribution in [3.8, 4) is 11.5 Å². The minimum Gasteiger partial charge on any atom is -0.497 e. The zero-order valence-corrected chi connectivity index (χ0v) is 17.2. The molecule has 1 N–H and O–H groups in total. The Morgan fingerprint density at radius 2 is 1.74 bits per heavy atom. The van der Waals surface area contributed by atoms with Crippen LogP contribution in [-0.2, 0) is 16.1 Å². The van der Waals surface area contributed by atoms with Crippen LogP contribution in [0.1, 0.15) is 15.9 Å². The molecule has 0 atom stereocenters. The number of amides is 1. The maximum atomic E-state index is 13.3. The Balaban J connectivity index is 2.00. The normalized spacial score (nSPS) is 10.5. The predicted octanol–water partition coefficient (Wildman–Crippen LogP) is 2.91. The second-order valence-corrected chi connectivity index (χ2v) is 6.65. The fourth-order valence-corrected chi connectivity index (χ4v) is 3.17. The number of ether oxygens (including phenoxy) is 3. The number of aromatic nitrogens is 1. The molecular weight excluding hydrogens is 406 g/mol. The minimum absolute atomic E-state index is 0.0586. The third-order valence-electron chi connectivity index (χ3n) is 4.73. The Kier molecular flexibility index (Phi) is 6.39. The van der Waals surface area contributed by atoms with Gasteiger partial charge in [0.2, 0.25) is 0 Å².